The smallest absolute Gasteiger partial charge is 0.376 e. The molecule has 1 aliphatic rings. The van der Waals surface area contributed by atoms with E-state index in [-0.39, 0.29) is 12.7 Å². The van der Waals surface area contributed by atoms with Crippen LogP contribution in [0, 0.1) is 0 Å². The molecule has 1 saturated heterocycles. The van der Waals surface area contributed by atoms with Crippen LogP contribution in [-0.2, 0) is 18.6 Å². The molecule has 1 fully saturated rings. The fourth-order valence-electron chi connectivity index (χ4n) is 0.949. The zero-order valence-corrected chi connectivity index (χ0v) is 9.07. The summed E-state index contributed by atoms with van der Waals surface area (Å²) >= 11 is 0. The van der Waals surface area contributed by atoms with Crippen LogP contribution in [0.3, 0.4) is 0 Å². The van der Waals surface area contributed by atoms with E-state index >= 15 is 0 Å². The van der Waals surface area contributed by atoms with E-state index in [1.54, 1.807) is 13.8 Å². The van der Waals surface area contributed by atoms with Gasteiger partial charge in [0.1, 0.15) is 6.10 Å². The lowest BCUT2D eigenvalue weighted by atomic mass is 10.2. The summed E-state index contributed by atoms with van der Waals surface area (Å²) in [4.78, 5) is 17.2. The third kappa shape index (κ3) is 5.70. The molecule has 14 heavy (non-hydrogen) atoms. The normalized spacial score (nSPS) is 22.4. The number of hydrogen-bond acceptors (Lipinski definition) is 4. The van der Waals surface area contributed by atoms with Crippen LogP contribution in [-0.4, -0.2) is 41.3 Å². The molecule has 0 aliphatic carbocycles. The second kappa shape index (κ2) is 4.26. The Bertz CT molecular complexity index is 230. The average molecular weight is 226 g/mol. The van der Waals surface area contributed by atoms with Gasteiger partial charge >= 0.3 is 7.82 Å². The molecular weight excluding hydrogens is 211 g/mol. The first-order chi connectivity index (χ1) is 6.29. The second-order valence-electron chi connectivity index (χ2n) is 3.81. The molecule has 0 radical (unpaired) electrons. The molecule has 1 atom stereocenters. The Hall–Kier alpha value is 0.0300. The molecule has 0 spiro atoms. The first kappa shape index (κ1) is 12.1. The minimum atomic E-state index is -4.45. The predicted octanol–water partition coefficient (Wildman–Crippen LogP) is 0.290. The zero-order valence-electron chi connectivity index (χ0n) is 8.17. The molecule has 7 heteroatoms. The largest absolute Gasteiger partial charge is 0.470 e. The van der Waals surface area contributed by atoms with E-state index in [0.29, 0.717) is 13.2 Å². The summed E-state index contributed by atoms with van der Waals surface area (Å²) < 4.78 is 25.2. The van der Waals surface area contributed by atoms with Crippen LogP contribution >= 0.6 is 7.82 Å². The third-order valence-corrected chi connectivity index (χ3v) is 2.25. The molecule has 0 saturated carbocycles. The van der Waals surface area contributed by atoms with Gasteiger partial charge in [0.15, 0.2) is 0 Å². The van der Waals surface area contributed by atoms with Crippen LogP contribution in [0.5, 0.6) is 0 Å². The van der Waals surface area contributed by atoms with Crippen molar-refractivity contribution in [2.45, 2.75) is 25.6 Å². The Morgan fingerprint density at radius 2 is 2.14 bits per heavy atom. The maximum Gasteiger partial charge on any atom is 0.470 e. The Morgan fingerprint density at radius 3 is 2.57 bits per heavy atom. The maximum atomic E-state index is 10.5. The molecule has 1 rings (SSSR count). The van der Waals surface area contributed by atoms with Crippen LogP contribution in [0.25, 0.3) is 0 Å². The lowest BCUT2D eigenvalue weighted by molar-refractivity contribution is -0.0228. The summed E-state index contributed by atoms with van der Waals surface area (Å²) in [6.45, 7) is 4.37. The highest BCUT2D eigenvalue weighted by atomic mass is 31.2. The standard InChI is InChI=1S/C7H15O6P/c1-7(2,13-14(8,9)10)5-11-3-6-4-12-6/h6H,3-5H2,1-2H3,(H2,8,9,10). The second-order valence-corrected chi connectivity index (χ2v) is 4.98. The minimum absolute atomic E-state index is 0.123. The van der Waals surface area contributed by atoms with E-state index in [1.165, 1.54) is 0 Å². The molecule has 2 N–H and O–H groups in total. The number of epoxide rings is 1. The van der Waals surface area contributed by atoms with E-state index in [1.807, 2.05) is 0 Å². The number of ether oxygens (including phenoxy) is 2. The molecule has 0 aromatic carbocycles. The lowest BCUT2D eigenvalue weighted by Gasteiger charge is -2.24. The number of phosphoric acid groups is 1. The summed E-state index contributed by atoms with van der Waals surface area (Å²) in [6, 6.07) is 0. The van der Waals surface area contributed by atoms with Gasteiger partial charge in [0.25, 0.3) is 0 Å². The third-order valence-electron chi connectivity index (χ3n) is 1.52. The fourth-order valence-corrected chi connectivity index (χ4v) is 1.65. The molecule has 0 bridgehead atoms. The topological polar surface area (TPSA) is 88.5 Å². The van der Waals surface area contributed by atoms with Crippen molar-refractivity contribution >= 4 is 7.82 Å². The molecule has 0 amide bonds. The van der Waals surface area contributed by atoms with Crippen LogP contribution < -0.4 is 0 Å². The summed E-state index contributed by atoms with van der Waals surface area (Å²) in [5.41, 5.74) is -0.992. The molecular formula is C7H15O6P. The van der Waals surface area contributed by atoms with Crippen molar-refractivity contribution < 1.29 is 28.3 Å². The van der Waals surface area contributed by atoms with Crippen LogP contribution in [0.15, 0.2) is 0 Å². The Morgan fingerprint density at radius 1 is 1.57 bits per heavy atom. The number of rotatable bonds is 6. The van der Waals surface area contributed by atoms with E-state index in [0.717, 1.165) is 0 Å². The zero-order chi connectivity index (χ0) is 10.8. The molecule has 6 nitrogen and oxygen atoms in total. The molecule has 0 aromatic heterocycles. The van der Waals surface area contributed by atoms with Gasteiger partial charge in [-0.05, 0) is 13.8 Å². The summed E-state index contributed by atoms with van der Waals surface area (Å²) in [6.07, 6.45) is 0.140. The van der Waals surface area contributed by atoms with Gasteiger partial charge in [-0.25, -0.2) is 4.57 Å². The predicted molar refractivity (Wildman–Crippen MR) is 47.8 cm³/mol. The minimum Gasteiger partial charge on any atom is -0.376 e. The van der Waals surface area contributed by atoms with Gasteiger partial charge in [-0.2, -0.15) is 0 Å². The highest BCUT2D eigenvalue weighted by Crippen LogP contribution is 2.41. The van der Waals surface area contributed by atoms with Crippen molar-refractivity contribution in [3.8, 4) is 0 Å². The van der Waals surface area contributed by atoms with Gasteiger partial charge in [-0.1, -0.05) is 0 Å². The molecule has 1 unspecified atom stereocenters. The van der Waals surface area contributed by atoms with Crippen molar-refractivity contribution in [2.24, 2.45) is 0 Å². The number of hydrogen-bond donors (Lipinski definition) is 2. The Balaban J connectivity index is 2.21. The van der Waals surface area contributed by atoms with Gasteiger partial charge < -0.3 is 19.3 Å². The first-order valence-corrected chi connectivity index (χ1v) is 5.77. The highest BCUT2D eigenvalue weighted by Gasteiger charge is 2.30. The van der Waals surface area contributed by atoms with Crippen LogP contribution in [0.4, 0.5) is 0 Å². The van der Waals surface area contributed by atoms with Crippen molar-refractivity contribution in [3.63, 3.8) is 0 Å². The van der Waals surface area contributed by atoms with Gasteiger partial charge in [-0.3, -0.25) is 4.52 Å². The van der Waals surface area contributed by atoms with Gasteiger partial charge in [0.05, 0.1) is 25.4 Å². The van der Waals surface area contributed by atoms with Gasteiger partial charge in [-0.15, -0.1) is 0 Å². The van der Waals surface area contributed by atoms with E-state index in [2.05, 4.69) is 4.52 Å². The van der Waals surface area contributed by atoms with Gasteiger partial charge in [0, 0.05) is 0 Å². The fraction of sp³-hybridized carbons (Fsp3) is 1.00. The van der Waals surface area contributed by atoms with Crippen LogP contribution in [0.1, 0.15) is 13.8 Å². The van der Waals surface area contributed by atoms with E-state index in [4.69, 9.17) is 19.3 Å². The van der Waals surface area contributed by atoms with Crippen molar-refractivity contribution in [1.29, 1.82) is 0 Å². The summed E-state index contributed by atoms with van der Waals surface area (Å²) in [7, 11) is -4.45. The van der Waals surface area contributed by atoms with E-state index < -0.39 is 13.4 Å². The maximum absolute atomic E-state index is 10.5. The van der Waals surface area contributed by atoms with Crippen molar-refractivity contribution in [1.82, 2.24) is 0 Å². The van der Waals surface area contributed by atoms with E-state index in [9.17, 15) is 4.57 Å². The molecule has 0 aromatic rings. The van der Waals surface area contributed by atoms with Gasteiger partial charge in [0.2, 0.25) is 0 Å². The lowest BCUT2D eigenvalue weighted by Crippen LogP contribution is -2.30. The Labute approximate surface area is 82.4 Å². The Kier molecular flexibility index (Phi) is 3.69. The number of phosphoric ester groups is 1. The van der Waals surface area contributed by atoms with Crippen LogP contribution in [0.2, 0.25) is 0 Å². The first-order valence-electron chi connectivity index (χ1n) is 4.24. The average Bonchev–Trinajstić information content (AvgIpc) is 2.64. The van der Waals surface area contributed by atoms with Crippen molar-refractivity contribution in [2.75, 3.05) is 19.8 Å². The highest BCUT2D eigenvalue weighted by molar-refractivity contribution is 7.46. The SMILES string of the molecule is CC(C)(COCC1CO1)OP(=O)(O)O. The molecule has 84 valence electrons. The summed E-state index contributed by atoms with van der Waals surface area (Å²) in [5, 5.41) is 0. The van der Waals surface area contributed by atoms with Crippen molar-refractivity contribution in [3.05, 3.63) is 0 Å². The monoisotopic (exact) mass is 226 g/mol. The molecule has 1 aliphatic heterocycles. The summed E-state index contributed by atoms with van der Waals surface area (Å²) in [5.74, 6) is 0. The molecule has 1 heterocycles. The quantitative estimate of drug-likeness (QED) is 0.500.